The number of hydrogen-bond donors (Lipinski definition) is 2. The van der Waals surface area contributed by atoms with E-state index < -0.39 is 28.8 Å². The molecular formula is C15H13ClF3N3O2S. The predicted molar refractivity (Wildman–Crippen MR) is 91.7 cm³/mol. The van der Waals surface area contributed by atoms with Crippen LogP contribution in [0, 0.1) is 0 Å². The number of nitrogens with one attached hydrogen (secondary N) is 2. The predicted octanol–water partition coefficient (Wildman–Crippen LogP) is 3.46. The molecule has 0 spiro atoms. The van der Waals surface area contributed by atoms with Gasteiger partial charge in [-0.3, -0.25) is 14.6 Å². The summed E-state index contributed by atoms with van der Waals surface area (Å²) in [5, 5.41) is 4.46. The van der Waals surface area contributed by atoms with Crippen LogP contribution in [0.4, 0.5) is 18.9 Å². The quantitative estimate of drug-likeness (QED) is 0.755. The highest BCUT2D eigenvalue weighted by Gasteiger charge is 2.33. The van der Waals surface area contributed by atoms with Crippen LogP contribution in [0.15, 0.2) is 35.8 Å². The Balaban J connectivity index is 2.03. The molecule has 1 aromatic rings. The Kier molecular flexibility index (Phi) is 6.12. The van der Waals surface area contributed by atoms with Gasteiger partial charge in [-0.05, 0) is 18.2 Å². The maximum atomic E-state index is 12.7. The molecule has 134 valence electrons. The van der Waals surface area contributed by atoms with Crippen molar-refractivity contribution in [3.05, 3.63) is 41.4 Å². The van der Waals surface area contributed by atoms with Crippen LogP contribution in [0.1, 0.15) is 12.0 Å². The molecule has 1 atom stereocenters. The molecule has 10 heteroatoms. The van der Waals surface area contributed by atoms with Crippen LogP contribution in [0.25, 0.3) is 0 Å². The Hall–Kier alpha value is -2.00. The maximum absolute atomic E-state index is 12.7. The number of carbonyl (C=O) groups is 2. The van der Waals surface area contributed by atoms with Gasteiger partial charge in [0.25, 0.3) is 0 Å². The molecule has 0 saturated carbocycles. The van der Waals surface area contributed by atoms with Crippen molar-refractivity contribution in [2.45, 2.75) is 17.8 Å². The highest BCUT2D eigenvalue weighted by atomic mass is 35.5. The van der Waals surface area contributed by atoms with E-state index in [-0.39, 0.29) is 17.1 Å². The Morgan fingerprint density at radius 1 is 1.48 bits per heavy atom. The van der Waals surface area contributed by atoms with Crippen molar-refractivity contribution in [3.63, 3.8) is 0 Å². The third kappa shape index (κ3) is 5.23. The molecule has 0 bridgehead atoms. The molecule has 1 saturated heterocycles. The number of rotatable bonds is 5. The highest BCUT2D eigenvalue weighted by Crippen LogP contribution is 2.34. The molecule has 2 rings (SSSR count). The van der Waals surface area contributed by atoms with Crippen molar-refractivity contribution < 1.29 is 22.8 Å². The molecule has 1 aliphatic heterocycles. The minimum Gasteiger partial charge on any atom is -0.325 e. The molecule has 2 amide bonds. The summed E-state index contributed by atoms with van der Waals surface area (Å²) in [6.45, 7) is 3.82. The highest BCUT2D eigenvalue weighted by molar-refractivity contribution is 8.15. The van der Waals surface area contributed by atoms with Gasteiger partial charge in [0, 0.05) is 6.42 Å². The number of nitrogens with zero attached hydrogens (tertiary/aromatic N) is 1. The lowest BCUT2D eigenvalue weighted by Gasteiger charge is -2.12. The summed E-state index contributed by atoms with van der Waals surface area (Å²) >= 11 is 6.90. The second-order valence-corrected chi connectivity index (χ2v) is 6.57. The molecule has 5 nitrogen and oxygen atoms in total. The first kappa shape index (κ1) is 19.3. The third-order valence-electron chi connectivity index (χ3n) is 3.08. The summed E-state index contributed by atoms with van der Waals surface area (Å²) < 4.78 is 38.2. The number of amidine groups is 1. The van der Waals surface area contributed by atoms with Gasteiger partial charge in [-0.1, -0.05) is 29.4 Å². The average Bonchev–Trinajstić information content (AvgIpc) is 2.86. The maximum Gasteiger partial charge on any atom is 0.416 e. The zero-order valence-electron chi connectivity index (χ0n) is 12.7. The van der Waals surface area contributed by atoms with Crippen LogP contribution in [-0.2, 0) is 15.8 Å². The van der Waals surface area contributed by atoms with E-state index in [1.165, 1.54) is 0 Å². The number of carbonyl (C=O) groups excluding carboxylic acids is 2. The van der Waals surface area contributed by atoms with Gasteiger partial charge >= 0.3 is 6.18 Å². The number of benzene rings is 1. The van der Waals surface area contributed by atoms with E-state index >= 15 is 0 Å². The second kappa shape index (κ2) is 7.92. The second-order valence-electron chi connectivity index (χ2n) is 4.97. The van der Waals surface area contributed by atoms with Gasteiger partial charge in [-0.25, -0.2) is 0 Å². The number of halogens is 4. The van der Waals surface area contributed by atoms with Crippen molar-refractivity contribution in [1.82, 2.24) is 5.32 Å². The fourth-order valence-corrected chi connectivity index (χ4v) is 3.07. The molecule has 0 aromatic heterocycles. The van der Waals surface area contributed by atoms with Crippen LogP contribution >= 0.6 is 23.4 Å². The van der Waals surface area contributed by atoms with E-state index in [0.717, 1.165) is 30.0 Å². The van der Waals surface area contributed by atoms with Crippen LogP contribution in [-0.4, -0.2) is 28.8 Å². The van der Waals surface area contributed by atoms with Crippen LogP contribution in [0.3, 0.4) is 0 Å². The Morgan fingerprint density at radius 3 is 2.84 bits per heavy atom. The van der Waals surface area contributed by atoms with Crippen molar-refractivity contribution >= 4 is 46.0 Å². The zero-order valence-corrected chi connectivity index (χ0v) is 14.3. The van der Waals surface area contributed by atoms with E-state index in [2.05, 4.69) is 22.2 Å². The summed E-state index contributed by atoms with van der Waals surface area (Å²) in [5.41, 5.74) is -1.09. The molecule has 0 aliphatic carbocycles. The minimum atomic E-state index is -4.55. The van der Waals surface area contributed by atoms with E-state index in [9.17, 15) is 22.8 Å². The SMILES string of the molecule is C=CCN=C1NC(=O)C(CC(=O)Nc2cc(C(F)(F)F)ccc2Cl)S1. The van der Waals surface area contributed by atoms with Crippen molar-refractivity contribution in [3.8, 4) is 0 Å². The molecule has 1 fully saturated rings. The fourth-order valence-electron chi connectivity index (χ4n) is 1.93. The first-order chi connectivity index (χ1) is 11.7. The number of aliphatic imine (C=N–C) groups is 1. The molecule has 25 heavy (non-hydrogen) atoms. The summed E-state index contributed by atoms with van der Waals surface area (Å²) in [4.78, 5) is 27.9. The number of hydrogen-bond acceptors (Lipinski definition) is 4. The zero-order chi connectivity index (χ0) is 18.6. The van der Waals surface area contributed by atoms with Crippen LogP contribution in [0.2, 0.25) is 5.02 Å². The average molecular weight is 392 g/mol. The summed E-state index contributed by atoms with van der Waals surface area (Å²) in [5.74, 6) is -1.02. The standard InChI is InChI=1S/C15H13ClF3N3O2S/c1-2-5-20-14-22-13(24)11(25-14)7-12(23)21-10-6-8(15(17,18)19)3-4-9(10)16/h2-4,6,11H,1,5,7H2,(H,21,23)(H,20,22,24). The van der Waals surface area contributed by atoms with Gasteiger partial charge in [-0.2, -0.15) is 13.2 Å². The number of amides is 2. The first-order valence-electron chi connectivity index (χ1n) is 7.00. The molecule has 1 aromatic carbocycles. The molecule has 2 N–H and O–H groups in total. The van der Waals surface area contributed by atoms with Gasteiger partial charge in [0.1, 0.15) is 5.25 Å². The summed E-state index contributed by atoms with van der Waals surface area (Å²) in [7, 11) is 0. The third-order valence-corrected chi connectivity index (χ3v) is 4.53. The smallest absolute Gasteiger partial charge is 0.325 e. The van der Waals surface area contributed by atoms with Crippen molar-refractivity contribution in [1.29, 1.82) is 0 Å². The Bertz CT molecular complexity index is 737. The molecule has 1 aliphatic rings. The van der Waals surface area contributed by atoms with Crippen LogP contribution in [0.5, 0.6) is 0 Å². The van der Waals surface area contributed by atoms with Gasteiger partial charge < -0.3 is 10.6 Å². The number of thioether (sulfide) groups is 1. The lowest BCUT2D eigenvalue weighted by Crippen LogP contribution is -2.28. The first-order valence-corrected chi connectivity index (χ1v) is 8.26. The molecule has 1 unspecified atom stereocenters. The number of alkyl halides is 3. The van der Waals surface area contributed by atoms with Crippen molar-refractivity contribution in [2.75, 3.05) is 11.9 Å². The van der Waals surface area contributed by atoms with E-state index in [1.54, 1.807) is 6.08 Å². The van der Waals surface area contributed by atoms with E-state index in [0.29, 0.717) is 11.7 Å². The fraction of sp³-hybridized carbons (Fsp3) is 0.267. The van der Waals surface area contributed by atoms with Crippen molar-refractivity contribution in [2.24, 2.45) is 4.99 Å². The topological polar surface area (TPSA) is 70.6 Å². The summed E-state index contributed by atoms with van der Waals surface area (Å²) in [6.07, 6.45) is -3.23. The van der Waals surface area contributed by atoms with E-state index in [1.807, 2.05) is 0 Å². The number of anilines is 1. The van der Waals surface area contributed by atoms with E-state index in [4.69, 9.17) is 11.6 Å². The van der Waals surface area contributed by atoms with Crippen LogP contribution < -0.4 is 10.6 Å². The Morgan fingerprint density at radius 2 is 2.20 bits per heavy atom. The monoisotopic (exact) mass is 391 g/mol. The van der Waals surface area contributed by atoms with Gasteiger partial charge in [0.2, 0.25) is 11.8 Å². The normalized spacial score (nSPS) is 19.0. The Labute approximate surface area is 150 Å². The van der Waals surface area contributed by atoms with Gasteiger partial charge in [-0.15, -0.1) is 6.58 Å². The van der Waals surface area contributed by atoms with Gasteiger partial charge in [0.15, 0.2) is 5.17 Å². The minimum absolute atomic E-state index is 0.0295. The molecule has 0 radical (unpaired) electrons. The summed E-state index contributed by atoms with van der Waals surface area (Å²) in [6, 6.07) is 2.62. The van der Waals surface area contributed by atoms with Gasteiger partial charge in [0.05, 0.1) is 22.8 Å². The largest absolute Gasteiger partial charge is 0.416 e. The lowest BCUT2D eigenvalue weighted by molar-refractivity contribution is -0.137. The molecule has 1 heterocycles. The molecular weight excluding hydrogens is 379 g/mol. The lowest BCUT2D eigenvalue weighted by atomic mass is 10.2.